The number of hydrogen-bond acceptors (Lipinski definition) is 4. The highest BCUT2D eigenvalue weighted by atomic mass is 16.4. The fourth-order valence-corrected chi connectivity index (χ4v) is 1.25. The zero-order valence-corrected chi connectivity index (χ0v) is 8.90. The quantitative estimate of drug-likeness (QED) is 0.629. The van der Waals surface area contributed by atoms with E-state index < -0.39 is 12.0 Å². The van der Waals surface area contributed by atoms with E-state index >= 15 is 0 Å². The van der Waals surface area contributed by atoms with Crippen molar-refractivity contribution in [3.05, 3.63) is 11.9 Å². The molecule has 0 aromatic carbocycles. The van der Waals surface area contributed by atoms with Gasteiger partial charge in [-0.25, -0.2) is 0 Å². The molecule has 0 saturated heterocycles. The van der Waals surface area contributed by atoms with Gasteiger partial charge in [-0.3, -0.25) is 9.48 Å². The van der Waals surface area contributed by atoms with E-state index in [2.05, 4.69) is 10.4 Å². The summed E-state index contributed by atoms with van der Waals surface area (Å²) in [6, 6.07) is -0.894. The number of carbonyl (C=O) groups is 1. The van der Waals surface area contributed by atoms with Crippen LogP contribution in [0.5, 0.6) is 0 Å². The number of carboxylic acid groups (broad SMARTS) is 1. The molecule has 15 heavy (non-hydrogen) atoms. The van der Waals surface area contributed by atoms with E-state index in [-0.39, 0.29) is 6.54 Å². The number of anilines is 1. The Labute approximate surface area is 88.1 Å². The lowest BCUT2D eigenvalue weighted by molar-refractivity contribution is -0.138. The van der Waals surface area contributed by atoms with Gasteiger partial charge < -0.3 is 16.2 Å². The molecule has 1 aromatic heterocycles. The molecule has 0 spiro atoms. The zero-order valence-electron chi connectivity index (χ0n) is 8.90. The van der Waals surface area contributed by atoms with Gasteiger partial charge >= 0.3 is 5.97 Å². The smallest absolute Gasteiger partial charge is 0.322 e. The third kappa shape index (κ3) is 2.95. The van der Waals surface area contributed by atoms with Crippen LogP contribution in [-0.2, 0) is 18.3 Å². The fraction of sp³-hybridized carbons (Fsp3) is 0.556. The number of aliphatic carboxylic acids is 1. The van der Waals surface area contributed by atoms with Crippen molar-refractivity contribution in [3.8, 4) is 0 Å². The molecule has 0 aliphatic heterocycles. The standard InChI is InChI=1S/C9H16N4O2/c1-3-7-8(5-13(2)12-7)11-4-6(10)9(14)15/h5-6,11H,3-4,10H2,1-2H3,(H,14,15). The van der Waals surface area contributed by atoms with Crippen molar-refractivity contribution < 1.29 is 9.90 Å². The summed E-state index contributed by atoms with van der Waals surface area (Å²) in [7, 11) is 1.82. The first-order valence-electron chi connectivity index (χ1n) is 4.79. The van der Waals surface area contributed by atoms with Crippen LogP contribution < -0.4 is 11.1 Å². The summed E-state index contributed by atoms with van der Waals surface area (Å²) in [6.45, 7) is 2.19. The topological polar surface area (TPSA) is 93.2 Å². The Morgan fingerprint density at radius 3 is 3.00 bits per heavy atom. The van der Waals surface area contributed by atoms with Crippen molar-refractivity contribution in [1.29, 1.82) is 0 Å². The molecular formula is C9H16N4O2. The van der Waals surface area contributed by atoms with E-state index in [4.69, 9.17) is 10.8 Å². The van der Waals surface area contributed by atoms with Gasteiger partial charge in [0.25, 0.3) is 0 Å². The highest BCUT2D eigenvalue weighted by Gasteiger charge is 2.12. The van der Waals surface area contributed by atoms with Crippen molar-refractivity contribution >= 4 is 11.7 Å². The van der Waals surface area contributed by atoms with Gasteiger partial charge in [0.2, 0.25) is 0 Å². The minimum absolute atomic E-state index is 0.202. The van der Waals surface area contributed by atoms with Crippen molar-refractivity contribution in [3.63, 3.8) is 0 Å². The number of aryl methyl sites for hydroxylation is 2. The highest BCUT2D eigenvalue weighted by molar-refractivity contribution is 5.74. The molecule has 1 heterocycles. The summed E-state index contributed by atoms with van der Waals surface area (Å²) in [5.74, 6) is -1.01. The lowest BCUT2D eigenvalue weighted by atomic mass is 10.2. The maximum absolute atomic E-state index is 10.5. The number of rotatable bonds is 5. The Bertz CT molecular complexity index is 348. The van der Waals surface area contributed by atoms with Crippen LogP contribution in [0.3, 0.4) is 0 Å². The van der Waals surface area contributed by atoms with Crippen LogP contribution in [0.15, 0.2) is 6.20 Å². The van der Waals surface area contributed by atoms with Crippen LogP contribution in [0.2, 0.25) is 0 Å². The Kier molecular flexibility index (Phi) is 3.68. The molecule has 0 aliphatic rings. The zero-order chi connectivity index (χ0) is 11.4. The molecule has 0 radical (unpaired) electrons. The molecular weight excluding hydrogens is 196 g/mol. The Morgan fingerprint density at radius 1 is 1.80 bits per heavy atom. The number of nitrogens with one attached hydrogen (secondary N) is 1. The van der Waals surface area contributed by atoms with Crippen molar-refractivity contribution in [1.82, 2.24) is 9.78 Å². The highest BCUT2D eigenvalue weighted by Crippen LogP contribution is 2.13. The Hall–Kier alpha value is -1.56. The maximum atomic E-state index is 10.5. The van der Waals surface area contributed by atoms with E-state index in [1.807, 2.05) is 20.2 Å². The fourth-order valence-electron chi connectivity index (χ4n) is 1.25. The minimum atomic E-state index is -1.01. The predicted molar refractivity (Wildman–Crippen MR) is 56.7 cm³/mol. The normalized spacial score (nSPS) is 12.5. The molecule has 1 unspecified atom stereocenters. The molecule has 1 atom stereocenters. The van der Waals surface area contributed by atoms with Gasteiger partial charge in [-0.05, 0) is 6.42 Å². The van der Waals surface area contributed by atoms with Crippen molar-refractivity contribution in [2.24, 2.45) is 12.8 Å². The molecule has 0 bridgehead atoms. The van der Waals surface area contributed by atoms with E-state index in [0.717, 1.165) is 17.8 Å². The largest absolute Gasteiger partial charge is 0.480 e. The summed E-state index contributed by atoms with van der Waals surface area (Å²) in [6.07, 6.45) is 2.61. The second kappa shape index (κ2) is 4.79. The van der Waals surface area contributed by atoms with Gasteiger partial charge in [0.1, 0.15) is 6.04 Å². The molecule has 0 amide bonds. The molecule has 0 aliphatic carbocycles. The van der Waals surface area contributed by atoms with E-state index in [9.17, 15) is 4.79 Å². The van der Waals surface area contributed by atoms with E-state index in [0.29, 0.717) is 0 Å². The molecule has 1 aromatic rings. The van der Waals surface area contributed by atoms with Gasteiger partial charge in [-0.1, -0.05) is 6.92 Å². The molecule has 1 rings (SSSR count). The van der Waals surface area contributed by atoms with Crippen molar-refractivity contribution in [2.75, 3.05) is 11.9 Å². The number of carboxylic acids is 1. The van der Waals surface area contributed by atoms with Crippen LogP contribution in [0.4, 0.5) is 5.69 Å². The number of hydrogen-bond donors (Lipinski definition) is 3. The molecule has 0 saturated carbocycles. The maximum Gasteiger partial charge on any atom is 0.322 e. The van der Waals surface area contributed by atoms with Crippen LogP contribution >= 0.6 is 0 Å². The van der Waals surface area contributed by atoms with Gasteiger partial charge in [0, 0.05) is 19.8 Å². The van der Waals surface area contributed by atoms with Gasteiger partial charge in [-0.2, -0.15) is 5.10 Å². The molecule has 0 fully saturated rings. The van der Waals surface area contributed by atoms with E-state index in [1.54, 1.807) is 4.68 Å². The van der Waals surface area contributed by atoms with Crippen LogP contribution in [0, 0.1) is 0 Å². The SMILES string of the molecule is CCc1nn(C)cc1NCC(N)C(=O)O. The van der Waals surface area contributed by atoms with Gasteiger partial charge in [-0.15, -0.1) is 0 Å². The van der Waals surface area contributed by atoms with Crippen molar-refractivity contribution in [2.45, 2.75) is 19.4 Å². The van der Waals surface area contributed by atoms with Gasteiger partial charge in [0.15, 0.2) is 0 Å². The lowest BCUT2D eigenvalue weighted by Crippen LogP contribution is -2.37. The van der Waals surface area contributed by atoms with E-state index in [1.165, 1.54) is 0 Å². The summed E-state index contributed by atoms with van der Waals surface area (Å²) < 4.78 is 1.69. The van der Waals surface area contributed by atoms with Gasteiger partial charge in [0.05, 0.1) is 11.4 Å². The number of aromatic nitrogens is 2. The summed E-state index contributed by atoms with van der Waals surface area (Å²) in [4.78, 5) is 10.5. The number of nitrogens with zero attached hydrogens (tertiary/aromatic N) is 2. The summed E-state index contributed by atoms with van der Waals surface area (Å²) in [5, 5.41) is 15.8. The Balaban J connectivity index is 2.60. The van der Waals surface area contributed by atoms with Crippen LogP contribution in [-0.4, -0.2) is 33.4 Å². The third-order valence-corrected chi connectivity index (χ3v) is 2.07. The number of nitrogens with two attached hydrogens (primary N) is 1. The second-order valence-corrected chi connectivity index (χ2v) is 3.34. The van der Waals surface area contributed by atoms with Crippen LogP contribution in [0.25, 0.3) is 0 Å². The summed E-state index contributed by atoms with van der Waals surface area (Å²) >= 11 is 0. The first kappa shape index (κ1) is 11.5. The third-order valence-electron chi connectivity index (χ3n) is 2.07. The average molecular weight is 212 g/mol. The minimum Gasteiger partial charge on any atom is -0.480 e. The predicted octanol–water partition coefficient (Wildman–Crippen LogP) is -0.194. The molecule has 4 N–H and O–H groups in total. The molecule has 6 nitrogen and oxygen atoms in total. The monoisotopic (exact) mass is 212 g/mol. The lowest BCUT2D eigenvalue weighted by Gasteiger charge is -2.08. The summed E-state index contributed by atoms with van der Waals surface area (Å²) in [5.41, 5.74) is 7.13. The van der Waals surface area contributed by atoms with Crippen LogP contribution in [0.1, 0.15) is 12.6 Å². The first-order chi connectivity index (χ1) is 7.04. The Morgan fingerprint density at radius 2 is 2.47 bits per heavy atom. The average Bonchev–Trinajstić information content (AvgIpc) is 2.55. The first-order valence-corrected chi connectivity index (χ1v) is 4.79. The molecule has 84 valence electrons. The molecule has 6 heteroatoms. The second-order valence-electron chi connectivity index (χ2n) is 3.34.